The lowest BCUT2D eigenvalue weighted by atomic mass is 10.1. The number of carbonyl (C=O) groups is 1. The van der Waals surface area contributed by atoms with Crippen LogP contribution in [0.5, 0.6) is 5.75 Å². The van der Waals surface area contributed by atoms with Crippen LogP contribution in [0.1, 0.15) is 6.42 Å². The van der Waals surface area contributed by atoms with E-state index < -0.39 is 5.97 Å². The molecule has 1 heterocycles. The highest BCUT2D eigenvalue weighted by molar-refractivity contribution is 5.87. The van der Waals surface area contributed by atoms with Crippen molar-refractivity contribution in [3.8, 4) is 5.75 Å². The van der Waals surface area contributed by atoms with Crippen LogP contribution in [0, 0.1) is 0 Å². The van der Waals surface area contributed by atoms with Crippen LogP contribution in [0.3, 0.4) is 0 Å². The molecule has 0 saturated carbocycles. The summed E-state index contributed by atoms with van der Waals surface area (Å²) in [6.07, 6.45) is 2.33. The van der Waals surface area contributed by atoms with Gasteiger partial charge in [0.05, 0.1) is 12.8 Å². The number of nitrogens with zero attached hydrogens (tertiary/aromatic N) is 1. The highest BCUT2D eigenvalue weighted by Gasteiger charge is 2.18. The monoisotopic (exact) mass is 233 g/mol. The zero-order valence-electron chi connectivity index (χ0n) is 9.72. The summed E-state index contributed by atoms with van der Waals surface area (Å²) in [5, 5.41) is 8.88. The molecule has 0 bridgehead atoms. The van der Waals surface area contributed by atoms with Crippen molar-refractivity contribution in [2.75, 3.05) is 25.1 Å². The van der Waals surface area contributed by atoms with Crippen molar-refractivity contribution >= 4 is 11.7 Å². The summed E-state index contributed by atoms with van der Waals surface area (Å²) in [4.78, 5) is 12.9. The smallest absolute Gasteiger partial charge is 0.331 e. The van der Waals surface area contributed by atoms with E-state index in [0.29, 0.717) is 25.1 Å². The number of carboxylic acids is 1. The molecule has 0 saturated heterocycles. The van der Waals surface area contributed by atoms with E-state index in [1.54, 1.807) is 13.2 Å². The number of aliphatic carboxylic acids is 1. The van der Waals surface area contributed by atoms with E-state index in [-0.39, 0.29) is 0 Å². The minimum atomic E-state index is -0.815. The Morgan fingerprint density at radius 1 is 1.41 bits per heavy atom. The molecule has 0 amide bonds. The Hall–Kier alpha value is -1.97. The largest absolute Gasteiger partial charge is 0.495 e. The van der Waals surface area contributed by atoms with Gasteiger partial charge in [0.1, 0.15) is 5.75 Å². The van der Waals surface area contributed by atoms with Crippen LogP contribution in [0.4, 0.5) is 5.69 Å². The van der Waals surface area contributed by atoms with Crippen LogP contribution in [0.2, 0.25) is 0 Å². The maximum atomic E-state index is 10.8. The zero-order chi connectivity index (χ0) is 12.3. The number of carboxylic acid groups (broad SMARTS) is 1. The van der Waals surface area contributed by atoms with Crippen LogP contribution in [0.25, 0.3) is 0 Å². The van der Waals surface area contributed by atoms with E-state index in [9.17, 15) is 4.79 Å². The second-order valence-electron chi connectivity index (χ2n) is 3.90. The minimum absolute atomic E-state index is 0.496. The molecule has 1 aromatic rings. The second kappa shape index (κ2) is 4.91. The fourth-order valence-electron chi connectivity index (χ4n) is 1.97. The predicted molar refractivity (Wildman–Crippen MR) is 65.5 cm³/mol. The first kappa shape index (κ1) is 11.5. The molecule has 4 heteroatoms. The van der Waals surface area contributed by atoms with Gasteiger partial charge in [-0.15, -0.1) is 0 Å². The summed E-state index contributed by atoms with van der Waals surface area (Å²) >= 11 is 0. The number of ether oxygens (including phenoxy) is 1. The van der Waals surface area contributed by atoms with Gasteiger partial charge in [0.2, 0.25) is 0 Å². The highest BCUT2D eigenvalue weighted by atomic mass is 16.5. The topological polar surface area (TPSA) is 49.8 Å². The van der Waals surface area contributed by atoms with Crippen LogP contribution >= 0.6 is 0 Å². The Labute approximate surface area is 100 Å². The molecule has 4 nitrogen and oxygen atoms in total. The van der Waals surface area contributed by atoms with E-state index >= 15 is 0 Å². The third-order valence-corrected chi connectivity index (χ3v) is 2.91. The van der Waals surface area contributed by atoms with Gasteiger partial charge in [0, 0.05) is 18.7 Å². The van der Waals surface area contributed by atoms with Crippen LogP contribution in [-0.2, 0) is 4.79 Å². The first-order valence-corrected chi connectivity index (χ1v) is 5.52. The van der Waals surface area contributed by atoms with Gasteiger partial charge in [-0.1, -0.05) is 18.2 Å². The lowest BCUT2D eigenvalue weighted by Gasteiger charge is -2.28. The van der Waals surface area contributed by atoms with Gasteiger partial charge in [-0.25, -0.2) is 4.79 Å². The normalized spacial score (nSPS) is 15.4. The van der Waals surface area contributed by atoms with Crippen molar-refractivity contribution in [3.05, 3.63) is 35.9 Å². The molecule has 0 unspecified atom stereocenters. The van der Waals surface area contributed by atoms with Crippen LogP contribution < -0.4 is 9.64 Å². The summed E-state index contributed by atoms with van der Waals surface area (Å²) in [5.74, 6) is 0.00403. The number of hydrogen-bond acceptors (Lipinski definition) is 3. The number of hydrogen-bond donors (Lipinski definition) is 1. The molecule has 1 aromatic carbocycles. The first-order chi connectivity index (χ1) is 8.22. The molecule has 1 aliphatic heterocycles. The Morgan fingerprint density at radius 3 is 2.76 bits per heavy atom. The number of para-hydroxylation sites is 2. The molecule has 0 radical (unpaired) electrons. The molecule has 2 rings (SSSR count). The molecule has 0 spiro atoms. The van der Waals surface area contributed by atoms with Crippen molar-refractivity contribution < 1.29 is 14.6 Å². The van der Waals surface area contributed by atoms with E-state index in [1.165, 1.54) is 0 Å². The first-order valence-electron chi connectivity index (χ1n) is 5.52. The van der Waals surface area contributed by atoms with E-state index in [2.05, 4.69) is 4.90 Å². The van der Waals surface area contributed by atoms with Gasteiger partial charge in [-0.05, 0) is 18.6 Å². The summed E-state index contributed by atoms with van der Waals surface area (Å²) in [6.45, 7) is 1.32. The fraction of sp³-hybridized carbons (Fsp3) is 0.308. The molecular weight excluding hydrogens is 218 g/mol. The van der Waals surface area contributed by atoms with Crippen molar-refractivity contribution in [2.45, 2.75) is 6.42 Å². The van der Waals surface area contributed by atoms with Gasteiger partial charge in [0.25, 0.3) is 0 Å². The maximum Gasteiger partial charge on any atom is 0.331 e. The summed E-state index contributed by atoms with van der Waals surface area (Å²) in [6, 6.07) is 7.77. The van der Waals surface area contributed by atoms with Crippen molar-refractivity contribution in [3.63, 3.8) is 0 Å². The third kappa shape index (κ3) is 2.41. The second-order valence-corrected chi connectivity index (χ2v) is 3.90. The Balaban J connectivity index is 2.18. The van der Waals surface area contributed by atoms with Crippen LogP contribution in [-0.4, -0.2) is 31.3 Å². The zero-order valence-corrected chi connectivity index (χ0v) is 9.72. The molecule has 0 aliphatic carbocycles. The van der Waals surface area contributed by atoms with Crippen molar-refractivity contribution in [1.82, 2.24) is 0 Å². The Morgan fingerprint density at radius 2 is 2.18 bits per heavy atom. The van der Waals surface area contributed by atoms with Gasteiger partial charge in [0.15, 0.2) is 0 Å². The number of methoxy groups -OCH3 is 1. The lowest BCUT2D eigenvalue weighted by Crippen LogP contribution is -2.30. The molecule has 1 N–H and O–H groups in total. The quantitative estimate of drug-likeness (QED) is 0.866. The standard InChI is InChI=1S/C13H15NO3/c1-17-12-5-3-2-4-11(12)14-8-6-10(7-9-14)13(15)16/h2-6H,7-9H2,1H3,(H,15,16). The highest BCUT2D eigenvalue weighted by Crippen LogP contribution is 2.29. The predicted octanol–water partition coefficient (Wildman–Crippen LogP) is 1.92. The molecule has 90 valence electrons. The molecule has 0 aromatic heterocycles. The summed E-state index contributed by atoms with van der Waals surface area (Å²) in [5.41, 5.74) is 1.51. The SMILES string of the molecule is COc1ccccc1N1CC=C(C(=O)O)CC1. The average molecular weight is 233 g/mol. The van der Waals surface area contributed by atoms with Gasteiger partial charge < -0.3 is 14.7 Å². The summed E-state index contributed by atoms with van der Waals surface area (Å²) < 4.78 is 5.29. The molecule has 1 aliphatic rings. The van der Waals surface area contributed by atoms with Gasteiger partial charge in [-0.3, -0.25) is 0 Å². The molecule has 17 heavy (non-hydrogen) atoms. The Bertz CT molecular complexity index is 454. The van der Waals surface area contributed by atoms with E-state index in [1.807, 2.05) is 24.3 Å². The van der Waals surface area contributed by atoms with E-state index in [4.69, 9.17) is 9.84 Å². The van der Waals surface area contributed by atoms with E-state index in [0.717, 1.165) is 11.4 Å². The number of anilines is 1. The Kier molecular flexibility index (Phi) is 3.32. The van der Waals surface area contributed by atoms with Crippen molar-refractivity contribution in [2.24, 2.45) is 0 Å². The lowest BCUT2D eigenvalue weighted by molar-refractivity contribution is -0.132. The molecular formula is C13H15NO3. The third-order valence-electron chi connectivity index (χ3n) is 2.91. The minimum Gasteiger partial charge on any atom is -0.495 e. The van der Waals surface area contributed by atoms with Gasteiger partial charge >= 0.3 is 5.97 Å². The molecule has 0 atom stereocenters. The average Bonchev–Trinajstić information content (AvgIpc) is 2.39. The summed E-state index contributed by atoms with van der Waals surface area (Å²) in [7, 11) is 1.64. The fourth-order valence-corrected chi connectivity index (χ4v) is 1.97. The number of rotatable bonds is 3. The van der Waals surface area contributed by atoms with Crippen LogP contribution in [0.15, 0.2) is 35.9 Å². The van der Waals surface area contributed by atoms with Gasteiger partial charge in [-0.2, -0.15) is 0 Å². The van der Waals surface area contributed by atoms with Crippen molar-refractivity contribution in [1.29, 1.82) is 0 Å². The number of benzene rings is 1. The maximum absolute atomic E-state index is 10.8. The molecule has 0 fully saturated rings.